The molecule has 14 heavy (non-hydrogen) atoms. The second-order valence-corrected chi connectivity index (χ2v) is 2.09. The minimum Gasteiger partial charge on any atom is -0.383 e. The lowest BCUT2D eigenvalue weighted by Crippen LogP contribution is -2.24. The van der Waals surface area contributed by atoms with Crippen LogP contribution in [0.15, 0.2) is 25.3 Å². The van der Waals surface area contributed by atoms with Gasteiger partial charge in [-0.3, -0.25) is 9.59 Å². The van der Waals surface area contributed by atoms with E-state index in [4.69, 9.17) is 0 Å². The van der Waals surface area contributed by atoms with Gasteiger partial charge < -0.3 is 15.8 Å². The Bertz CT molecular complexity index is 202. The molecule has 0 aromatic carbocycles. The first kappa shape index (κ1) is 14.9. The van der Waals surface area contributed by atoms with Crippen molar-refractivity contribution >= 4 is 11.8 Å². The van der Waals surface area contributed by atoms with Crippen LogP contribution >= 0.6 is 0 Å². The Hall–Kier alpha value is -1.62. The molecule has 3 N–H and O–H groups in total. The molecule has 0 fully saturated rings. The number of primary amides is 1. The zero-order valence-electron chi connectivity index (χ0n) is 8.29. The summed E-state index contributed by atoms with van der Waals surface area (Å²) >= 11 is 0. The fourth-order valence-electron chi connectivity index (χ4n) is 0.348. The van der Waals surface area contributed by atoms with E-state index in [-0.39, 0.29) is 5.91 Å². The molecule has 0 aromatic rings. The molecule has 0 radical (unpaired) electrons. The van der Waals surface area contributed by atoms with Crippen LogP contribution in [0.3, 0.4) is 0 Å². The molecule has 0 bridgehead atoms. The number of ether oxygens (including phenoxy) is 1. The molecule has 0 saturated carbocycles. The van der Waals surface area contributed by atoms with Crippen molar-refractivity contribution in [3.8, 4) is 0 Å². The van der Waals surface area contributed by atoms with Crippen LogP contribution < -0.4 is 11.1 Å². The van der Waals surface area contributed by atoms with Gasteiger partial charge in [0.05, 0.1) is 6.61 Å². The smallest absolute Gasteiger partial charge is 0.243 e. The molecule has 0 rings (SSSR count). The summed E-state index contributed by atoms with van der Waals surface area (Å²) in [6, 6.07) is 0. The number of rotatable bonds is 5. The molecule has 0 aliphatic heterocycles. The normalized spacial score (nSPS) is 7.79. The Morgan fingerprint density at radius 1 is 1.43 bits per heavy atom. The first-order valence-corrected chi connectivity index (χ1v) is 3.89. The number of nitrogens with two attached hydrogens (primary N) is 1. The predicted octanol–water partition coefficient (Wildman–Crippen LogP) is -0.407. The summed E-state index contributed by atoms with van der Waals surface area (Å²) in [4.78, 5) is 19.9. The van der Waals surface area contributed by atoms with E-state index in [9.17, 15) is 9.59 Å². The largest absolute Gasteiger partial charge is 0.383 e. The summed E-state index contributed by atoms with van der Waals surface area (Å²) in [6.07, 6.45) is 2.29. The second kappa shape index (κ2) is 11.4. The summed E-state index contributed by atoms with van der Waals surface area (Å²) in [5.41, 5.74) is 4.53. The number of methoxy groups -OCH3 is 1. The zero-order valence-corrected chi connectivity index (χ0v) is 8.29. The lowest BCUT2D eigenvalue weighted by atomic mass is 10.5. The number of carbonyl (C=O) groups excluding carboxylic acids is 2. The van der Waals surface area contributed by atoms with E-state index in [0.29, 0.717) is 13.2 Å². The molecule has 80 valence electrons. The average Bonchev–Trinajstić information content (AvgIpc) is 2.19. The molecule has 0 aliphatic carbocycles. The van der Waals surface area contributed by atoms with Crippen molar-refractivity contribution in [2.45, 2.75) is 0 Å². The summed E-state index contributed by atoms with van der Waals surface area (Å²) in [7, 11) is 1.58. The zero-order chi connectivity index (χ0) is 11.4. The third-order valence-electron chi connectivity index (χ3n) is 0.992. The van der Waals surface area contributed by atoms with E-state index in [2.05, 4.69) is 28.9 Å². The highest BCUT2D eigenvalue weighted by molar-refractivity contribution is 5.86. The van der Waals surface area contributed by atoms with Gasteiger partial charge in [0.25, 0.3) is 0 Å². The lowest BCUT2D eigenvalue weighted by molar-refractivity contribution is -0.116. The van der Waals surface area contributed by atoms with Gasteiger partial charge in [-0.1, -0.05) is 13.2 Å². The summed E-state index contributed by atoms with van der Waals surface area (Å²) < 4.78 is 4.69. The number of hydrogen-bond acceptors (Lipinski definition) is 3. The molecule has 5 heteroatoms. The molecule has 2 amide bonds. The van der Waals surface area contributed by atoms with Crippen LogP contribution in [0.5, 0.6) is 0 Å². The van der Waals surface area contributed by atoms with Gasteiger partial charge in [-0.15, -0.1) is 0 Å². The van der Waals surface area contributed by atoms with Crippen molar-refractivity contribution in [1.29, 1.82) is 0 Å². The van der Waals surface area contributed by atoms with E-state index < -0.39 is 5.91 Å². The summed E-state index contributed by atoms with van der Waals surface area (Å²) in [6.45, 7) is 7.46. The molecule has 0 saturated heterocycles. The average molecular weight is 200 g/mol. The van der Waals surface area contributed by atoms with Gasteiger partial charge in [-0.25, -0.2) is 0 Å². The van der Waals surface area contributed by atoms with Gasteiger partial charge in [0, 0.05) is 13.7 Å². The van der Waals surface area contributed by atoms with Gasteiger partial charge in [-0.05, 0) is 12.2 Å². The molecule has 5 nitrogen and oxygen atoms in total. The lowest BCUT2D eigenvalue weighted by Gasteiger charge is -1.98. The first-order chi connectivity index (χ1) is 6.58. The SMILES string of the molecule is C=CC(=O)NCCOC.C=CC(N)=O. The van der Waals surface area contributed by atoms with Crippen molar-refractivity contribution < 1.29 is 14.3 Å². The van der Waals surface area contributed by atoms with Gasteiger partial charge in [0.1, 0.15) is 0 Å². The van der Waals surface area contributed by atoms with Crippen LogP contribution in [-0.4, -0.2) is 32.1 Å². The van der Waals surface area contributed by atoms with Crippen molar-refractivity contribution in [1.82, 2.24) is 5.32 Å². The Balaban J connectivity index is 0. The Morgan fingerprint density at radius 3 is 2.21 bits per heavy atom. The van der Waals surface area contributed by atoms with Gasteiger partial charge in [0.15, 0.2) is 0 Å². The van der Waals surface area contributed by atoms with Gasteiger partial charge in [-0.2, -0.15) is 0 Å². The number of carbonyl (C=O) groups is 2. The molecule has 0 atom stereocenters. The van der Waals surface area contributed by atoms with E-state index in [1.165, 1.54) is 6.08 Å². The standard InChI is InChI=1S/C6H11NO2.C3H5NO/c1-3-6(8)7-4-5-9-2;1-2-3(4)5/h3H,1,4-5H2,2H3,(H,7,8);2H,1H2,(H2,4,5). The van der Waals surface area contributed by atoms with Gasteiger partial charge in [0.2, 0.25) is 11.8 Å². The van der Waals surface area contributed by atoms with Crippen LogP contribution in [0.1, 0.15) is 0 Å². The minimum absolute atomic E-state index is 0.160. The van der Waals surface area contributed by atoms with Crippen molar-refractivity contribution in [2.24, 2.45) is 5.73 Å². The first-order valence-electron chi connectivity index (χ1n) is 3.89. The predicted molar refractivity (Wildman–Crippen MR) is 54.5 cm³/mol. The van der Waals surface area contributed by atoms with E-state index in [1.54, 1.807) is 7.11 Å². The van der Waals surface area contributed by atoms with Crippen LogP contribution in [-0.2, 0) is 14.3 Å². The molecule has 0 spiro atoms. The third kappa shape index (κ3) is 16.8. The quantitative estimate of drug-likeness (QED) is 0.467. The van der Waals surface area contributed by atoms with Crippen molar-refractivity contribution in [3.05, 3.63) is 25.3 Å². The Morgan fingerprint density at radius 2 is 1.93 bits per heavy atom. The highest BCUT2D eigenvalue weighted by Gasteiger charge is 1.89. The minimum atomic E-state index is -0.481. The monoisotopic (exact) mass is 200 g/mol. The van der Waals surface area contributed by atoms with E-state index in [0.717, 1.165) is 6.08 Å². The number of amides is 2. The topological polar surface area (TPSA) is 81.4 Å². The number of nitrogens with one attached hydrogen (secondary N) is 1. The molecule has 0 unspecified atom stereocenters. The van der Waals surface area contributed by atoms with Crippen molar-refractivity contribution in [2.75, 3.05) is 20.3 Å². The fraction of sp³-hybridized carbons (Fsp3) is 0.333. The molecular weight excluding hydrogens is 184 g/mol. The molecule has 0 aliphatic rings. The van der Waals surface area contributed by atoms with Crippen LogP contribution in [0.2, 0.25) is 0 Å². The van der Waals surface area contributed by atoms with Crippen LogP contribution in [0.25, 0.3) is 0 Å². The number of hydrogen-bond donors (Lipinski definition) is 2. The van der Waals surface area contributed by atoms with E-state index in [1.807, 2.05) is 0 Å². The maximum atomic E-state index is 10.4. The molecule has 0 heterocycles. The van der Waals surface area contributed by atoms with Crippen molar-refractivity contribution in [3.63, 3.8) is 0 Å². The summed E-state index contributed by atoms with van der Waals surface area (Å²) in [5, 5.41) is 2.55. The van der Waals surface area contributed by atoms with E-state index >= 15 is 0 Å². The van der Waals surface area contributed by atoms with Gasteiger partial charge >= 0.3 is 0 Å². The Kier molecular flexibility index (Phi) is 12.1. The fourth-order valence-corrected chi connectivity index (χ4v) is 0.348. The van der Waals surface area contributed by atoms with Crippen LogP contribution in [0, 0.1) is 0 Å². The summed E-state index contributed by atoms with van der Waals surface area (Å²) in [5.74, 6) is -0.642. The van der Waals surface area contributed by atoms with Crippen LogP contribution in [0.4, 0.5) is 0 Å². The third-order valence-corrected chi connectivity index (χ3v) is 0.992. The maximum Gasteiger partial charge on any atom is 0.243 e. The highest BCUT2D eigenvalue weighted by atomic mass is 16.5. The second-order valence-electron chi connectivity index (χ2n) is 2.09. The Labute approximate surface area is 83.6 Å². The highest BCUT2D eigenvalue weighted by Crippen LogP contribution is 1.66. The molecular formula is C9H16N2O3. The maximum absolute atomic E-state index is 10.4. The molecule has 0 aromatic heterocycles.